The molecule has 0 aliphatic heterocycles. The van der Waals surface area contributed by atoms with E-state index in [0.717, 1.165) is 0 Å². The SMILES string of the molecule is OB(O)c1c(Cl)ccc(-c2ccccc2)c1F. The van der Waals surface area contributed by atoms with E-state index in [9.17, 15) is 4.39 Å². The van der Waals surface area contributed by atoms with Crippen molar-refractivity contribution in [3.8, 4) is 11.1 Å². The number of hydrogen-bond donors (Lipinski definition) is 2. The van der Waals surface area contributed by atoms with Crippen molar-refractivity contribution in [2.75, 3.05) is 0 Å². The van der Waals surface area contributed by atoms with Gasteiger partial charge in [-0.05, 0) is 17.7 Å². The van der Waals surface area contributed by atoms with Crippen LogP contribution in [0, 0.1) is 5.82 Å². The first kappa shape index (κ1) is 12.1. The summed E-state index contributed by atoms with van der Waals surface area (Å²) in [4.78, 5) is 0. The lowest BCUT2D eigenvalue weighted by molar-refractivity contribution is 0.423. The second-order valence-electron chi connectivity index (χ2n) is 3.56. The van der Waals surface area contributed by atoms with Crippen molar-refractivity contribution in [3.63, 3.8) is 0 Å². The van der Waals surface area contributed by atoms with Gasteiger partial charge in [-0.3, -0.25) is 0 Å². The summed E-state index contributed by atoms with van der Waals surface area (Å²) < 4.78 is 14.1. The minimum absolute atomic E-state index is 0.00261. The number of rotatable bonds is 2. The Labute approximate surface area is 103 Å². The summed E-state index contributed by atoms with van der Waals surface area (Å²) in [6.07, 6.45) is 0. The van der Waals surface area contributed by atoms with E-state index >= 15 is 0 Å². The van der Waals surface area contributed by atoms with Crippen LogP contribution in [-0.2, 0) is 0 Å². The Kier molecular flexibility index (Phi) is 3.47. The first-order valence-corrected chi connectivity index (χ1v) is 5.38. The highest BCUT2D eigenvalue weighted by Crippen LogP contribution is 2.23. The summed E-state index contributed by atoms with van der Waals surface area (Å²) in [6.45, 7) is 0. The maximum absolute atomic E-state index is 14.1. The zero-order chi connectivity index (χ0) is 12.4. The van der Waals surface area contributed by atoms with Crippen LogP contribution in [0.4, 0.5) is 4.39 Å². The molecule has 86 valence electrons. The Morgan fingerprint density at radius 2 is 1.65 bits per heavy atom. The molecule has 2 aromatic carbocycles. The molecule has 17 heavy (non-hydrogen) atoms. The predicted molar refractivity (Wildman–Crippen MR) is 66.7 cm³/mol. The van der Waals surface area contributed by atoms with Crippen LogP contribution in [-0.4, -0.2) is 17.2 Å². The van der Waals surface area contributed by atoms with Crippen molar-refractivity contribution >= 4 is 24.2 Å². The van der Waals surface area contributed by atoms with Crippen molar-refractivity contribution in [2.45, 2.75) is 0 Å². The Morgan fingerprint density at radius 1 is 1.00 bits per heavy atom. The number of halogens is 2. The Bertz CT molecular complexity index is 532. The highest BCUT2D eigenvalue weighted by Gasteiger charge is 2.23. The summed E-state index contributed by atoms with van der Waals surface area (Å²) in [7, 11) is -1.92. The summed E-state index contributed by atoms with van der Waals surface area (Å²) in [5, 5.41) is 18.2. The third-order valence-corrected chi connectivity index (χ3v) is 2.80. The standard InChI is InChI=1S/C12H9BClFO2/c14-10-7-6-9(8-4-2-1-3-5-8)12(15)11(10)13(16)17/h1-7,16-17H. The number of hydrogen-bond acceptors (Lipinski definition) is 2. The van der Waals surface area contributed by atoms with Gasteiger partial charge in [0.05, 0.1) is 0 Å². The van der Waals surface area contributed by atoms with Crippen molar-refractivity contribution < 1.29 is 14.4 Å². The van der Waals surface area contributed by atoms with Gasteiger partial charge in [0.1, 0.15) is 5.82 Å². The highest BCUT2D eigenvalue weighted by atomic mass is 35.5. The molecule has 0 fully saturated rings. The minimum Gasteiger partial charge on any atom is -0.423 e. The molecule has 0 aliphatic carbocycles. The molecule has 0 saturated carbocycles. The van der Waals surface area contributed by atoms with Crippen LogP contribution < -0.4 is 5.46 Å². The second-order valence-corrected chi connectivity index (χ2v) is 3.97. The highest BCUT2D eigenvalue weighted by molar-refractivity contribution is 6.63. The van der Waals surface area contributed by atoms with Crippen LogP contribution >= 0.6 is 11.6 Å². The maximum atomic E-state index is 14.1. The van der Waals surface area contributed by atoms with Gasteiger partial charge in [-0.15, -0.1) is 0 Å². The first-order valence-electron chi connectivity index (χ1n) is 5.00. The molecule has 0 atom stereocenters. The van der Waals surface area contributed by atoms with E-state index < -0.39 is 12.9 Å². The van der Waals surface area contributed by atoms with Gasteiger partial charge in [-0.2, -0.15) is 0 Å². The van der Waals surface area contributed by atoms with E-state index in [1.807, 2.05) is 6.07 Å². The molecule has 0 bridgehead atoms. The Hall–Kier alpha value is -1.36. The molecule has 0 aromatic heterocycles. The molecule has 5 heteroatoms. The molecule has 0 amide bonds. The van der Waals surface area contributed by atoms with E-state index in [4.69, 9.17) is 21.6 Å². The van der Waals surface area contributed by atoms with Gasteiger partial charge >= 0.3 is 7.12 Å². The van der Waals surface area contributed by atoms with Crippen LogP contribution in [0.15, 0.2) is 42.5 Å². The zero-order valence-corrected chi connectivity index (χ0v) is 9.53. The smallest absolute Gasteiger partial charge is 0.423 e. The van der Waals surface area contributed by atoms with Crippen molar-refractivity contribution in [1.29, 1.82) is 0 Å². The topological polar surface area (TPSA) is 40.5 Å². The summed E-state index contributed by atoms with van der Waals surface area (Å²) in [5.41, 5.74) is 0.648. The summed E-state index contributed by atoms with van der Waals surface area (Å²) in [6, 6.07) is 11.8. The monoisotopic (exact) mass is 250 g/mol. The van der Waals surface area contributed by atoms with Crippen molar-refractivity contribution in [3.05, 3.63) is 53.3 Å². The van der Waals surface area contributed by atoms with Gasteiger partial charge in [0.25, 0.3) is 0 Å². The fourth-order valence-corrected chi connectivity index (χ4v) is 1.89. The molecular formula is C12H9BClFO2. The van der Waals surface area contributed by atoms with Gasteiger partial charge in [-0.1, -0.05) is 41.9 Å². The first-order chi connectivity index (χ1) is 8.11. The quantitative estimate of drug-likeness (QED) is 0.798. The van der Waals surface area contributed by atoms with Crippen molar-refractivity contribution in [1.82, 2.24) is 0 Å². The fourth-order valence-electron chi connectivity index (χ4n) is 1.65. The predicted octanol–water partition coefficient (Wildman–Crippen LogP) is 1.83. The van der Waals surface area contributed by atoms with Gasteiger partial charge < -0.3 is 10.0 Å². The second kappa shape index (κ2) is 4.88. The Morgan fingerprint density at radius 3 is 2.24 bits per heavy atom. The molecule has 0 spiro atoms. The van der Waals surface area contributed by atoms with Gasteiger partial charge in [0, 0.05) is 16.0 Å². The maximum Gasteiger partial charge on any atom is 0.493 e. The minimum atomic E-state index is -1.92. The van der Waals surface area contributed by atoms with Crippen LogP contribution in [0.25, 0.3) is 11.1 Å². The van der Waals surface area contributed by atoms with Crippen LogP contribution in [0.1, 0.15) is 0 Å². The molecule has 0 heterocycles. The largest absolute Gasteiger partial charge is 0.493 e. The summed E-state index contributed by atoms with van der Waals surface area (Å²) >= 11 is 5.72. The molecule has 2 N–H and O–H groups in total. The normalized spacial score (nSPS) is 10.4. The van der Waals surface area contributed by atoms with E-state index in [0.29, 0.717) is 5.56 Å². The molecule has 0 aliphatic rings. The molecule has 2 aromatic rings. The van der Waals surface area contributed by atoms with Gasteiger partial charge in [-0.25, -0.2) is 4.39 Å². The van der Waals surface area contributed by atoms with Crippen LogP contribution in [0.3, 0.4) is 0 Å². The average Bonchev–Trinajstić information content (AvgIpc) is 2.30. The third kappa shape index (κ3) is 2.34. The lowest BCUT2D eigenvalue weighted by atomic mass is 9.78. The van der Waals surface area contributed by atoms with Crippen molar-refractivity contribution in [2.24, 2.45) is 0 Å². The lowest BCUT2D eigenvalue weighted by Crippen LogP contribution is -2.34. The van der Waals surface area contributed by atoms with Gasteiger partial charge in [0.2, 0.25) is 0 Å². The van der Waals surface area contributed by atoms with Crippen LogP contribution in [0.2, 0.25) is 5.02 Å². The van der Waals surface area contributed by atoms with E-state index in [-0.39, 0.29) is 16.0 Å². The molecule has 2 nitrogen and oxygen atoms in total. The average molecular weight is 250 g/mol. The lowest BCUT2D eigenvalue weighted by Gasteiger charge is -2.09. The number of benzene rings is 2. The third-order valence-electron chi connectivity index (χ3n) is 2.47. The van der Waals surface area contributed by atoms with E-state index in [1.165, 1.54) is 12.1 Å². The molecule has 0 saturated heterocycles. The van der Waals surface area contributed by atoms with E-state index in [2.05, 4.69) is 0 Å². The van der Waals surface area contributed by atoms with Gasteiger partial charge in [0.15, 0.2) is 0 Å². The fraction of sp³-hybridized carbons (Fsp3) is 0. The van der Waals surface area contributed by atoms with E-state index in [1.54, 1.807) is 24.3 Å². The zero-order valence-electron chi connectivity index (χ0n) is 8.77. The molecule has 2 rings (SSSR count). The van der Waals surface area contributed by atoms with Crippen LogP contribution in [0.5, 0.6) is 0 Å². The molecule has 0 unspecified atom stereocenters. The molecule has 0 radical (unpaired) electrons. The summed E-state index contributed by atoms with van der Waals surface area (Å²) in [5.74, 6) is -0.710. The Balaban J connectivity index is 2.62. The molecular weight excluding hydrogens is 241 g/mol.